The first-order valence-corrected chi connectivity index (χ1v) is 7.78. The molecule has 0 bridgehead atoms. The molecule has 84 valence electrons. The zero-order valence-corrected chi connectivity index (χ0v) is 11.0. The molecule has 0 unspecified atom stereocenters. The van der Waals surface area contributed by atoms with Gasteiger partial charge >= 0.3 is 0 Å². The predicted molar refractivity (Wildman–Crippen MR) is 70.8 cm³/mol. The van der Waals surface area contributed by atoms with Gasteiger partial charge in [-0.1, -0.05) is 6.07 Å². The molecule has 1 aliphatic rings. The van der Waals surface area contributed by atoms with Crippen LogP contribution >= 0.6 is 23.1 Å². The molecule has 1 heterocycles. The molecule has 1 aromatic rings. The van der Waals surface area contributed by atoms with Crippen molar-refractivity contribution in [1.82, 2.24) is 5.32 Å². The zero-order valence-electron chi connectivity index (χ0n) is 9.40. The first kappa shape index (κ1) is 11.5. The lowest BCUT2D eigenvalue weighted by Crippen LogP contribution is -2.29. The summed E-state index contributed by atoms with van der Waals surface area (Å²) in [5, 5.41) is 6.79. The molecular weight excluding hydrogens is 222 g/mol. The monoisotopic (exact) mass is 241 g/mol. The first-order valence-electron chi connectivity index (χ1n) is 5.62. The van der Waals surface area contributed by atoms with Crippen LogP contribution in [0, 0.1) is 0 Å². The van der Waals surface area contributed by atoms with Gasteiger partial charge in [0.1, 0.15) is 0 Å². The van der Waals surface area contributed by atoms with E-state index in [4.69, 9.17) is 0 Å². The van der Waals surface area contributed by atoms with E-state index < -0.39 is 0 Å². The lowest BCUT2D eigenvalue weighted by molar-refractivity contribution is 0.466. The molecule has 0 saturated heterocycles. The van der Waals surface area contributed by atoms with E-state index in [1.54, 1.807) is 0 Å². The van der Waals surface area contributed by atoms with Crippen molar-refractivity contribution in [1.29, 1.82) is 0 Å². The second kappa shape index (κ2) is 5.37. The summed E-state index contributed by atoms with van der Waals surface area (Å²) >= 11 is 3.88. The molecule has 3 atom stereocenters. The molecule has 0 aliphatic heterocycles. The number of thioether (sulfide) groups is 1. The molecule has 15 heavy (non-hydrogen) atoms. The van der Waals surface area contributed by atoms with Crippen molar-refractivity contribution in [3.05, 3.63) is 22.4 Å². The van der Waals surface area contributed by atoms with Crippen molar-refractivity contribution < 1.29 is 0 Å². The zero-order chi connectivity index (χ0) is 10.7. The second-order valence-corrected chi connectivity index (χ2v) is 6.39. The SMILES string of the molecule is CS[C@@H]1CC[C@H](N[C@@H](C)c2cccs2)C1. The Morgan fingerprint density at radius 3 is 3.00 bits per heavy atom. The minimum Gasteiger partial charge on any atom is -0.307 e. The summed E-state index contributed by atoms with van der Waals surface area (Å²) in [7, 11) is 0. The Morgan fingerprint density at radius 2 is 2.40 bits per heavy atom. The van der Waals surface area contributed by atoms with E-state index in [1.807, 2.05) is 23.1 Å². The molecular formula is C12H19NS2. The van der Waals surface area contributed by atoms with Crippen LogP contribution in [0.15, 0.2) is 17.5 Å². The third-order valence-electron chi connectivity index (χ3n) is 3.17. The third-order valence-corrected chi connectivity index (χ3v) is 5.32. The van der Waals surface area contributed by atoms with Gasteiger partial charge < -0.3 is 5.32 Å². The Bertz CT molecular complexity index is 284. The van der Waals surface area contributed by atoms with Crippen LogP contribution in [0.3, 0.4) is 0 Å². The maximum Gasteiger partial charge on any atom is 0.0388 e. The van der Waals surface area contributed by atoms with Crippen LogP contribution in [0.1, 0.15) is 37.1 Å². The molecule has 1 nitrogen and oxygen atoms in total. The van der Waals surface area contributed by atoms with E-state index in [0.29, 0.717) is 6.04 Å². The number of rotatable bonds is 4. The molecule has 3 heteroatoms. The maximum absolute atomic E-state index is 3.74. The predicted octanol–water partition coefficient (Wildman–Crippen LogP) is 3.68. The number of hydrogen-bond acceptors (Lipinski definition) is 3. The van der Waals surface area contributed by atoms with Gasteiger partial charge in [0.2, 0.25) is 0 Å². The molecule has 0 amide bonds. The quantitative estimate of drug-likeness (QED) is 0.863. The molecule has 1 saturated carbocycles. The summed E-state index contributed by atoms with van der Waals surface area (Å²) in [6.07, 6.45) is 6.31. The van der Waals surface area contributed by atoms with E-state index in [0.717, 1.165) is 11.3 Å². The summed E-state index contributed by atoms with van der Waals surface area (Å²) in [6, 6.07) is 5.62. The van der Waals surface area contributed by atoms with E-state index in [2.05, 4.69) is 36.0 Å². The minimum absolute atomic E-state index is 0.524. The highest BCUT2D eigenvalue weighted by Crippen LogP contribution is 2.30. The summed E-state index contributed by atoms with van der Waals surface area (Å²) < 4.78 is 0. The van der Waals surface area contributed by atoms with Gasteiger partial charge in [0, 0.05) is 22.2 Å². The van der Waals surface area contributed by atoms with Gasteiger partial charge in [-0.3, -0.25) is 0 Å². The van der Waals surface area contributed by atoms with E-state index in [1.165, 1.54) is 24.1 Å². The fourth-order valence-electron chi connectivity index (χ4n) is 2.28. The largest absolute Gasteiger partial charge is 0.307 e. The van der Waals surface area contributed by atoms with Crippen molar-refractivity contribution in [3.63, 3.8) is 0 Å². The first-order chi connectivity index (χ1) is 7.29. The molecule has 1 fully saturated rings. The molecule has 1 aromatic heterocycles. The lowest BCUT2D eigenvalue weighted by atomic mass is 10.2. The van der Waals surface area contributed by atoms with E-state index in [-0.39, 0.29) is 0 Å². The van der Waals surface area contributed by atoms with Gasteiger partial charge in [-0.2, -0.15) is 11.8 Å². The van der Waals surface area contributed by atoms with Crippen LogP contribution in [-0.2, 0) is 0 Å². The third kappa shape index (κ3) is 2.99. The molecule has 1 N–H and O–H groups in total. The van der Waals surface area contributed by atoms with Crippen LogP contribution in [0.5, 0.6) is 0 Å². The highest BCUT2D eigenvalue weighted by atomic mass is 32.2. The lowest BCUT2D eigenvalue weighted by Gasteiger charge is -2.18. The second-order valence-electron chi connectivity index (χ2n) is 4.27. The number of thiophene rings is 1. The Hall–Kier alpha value is 0.01000. The average Bonchev–Trinajstić information content (AvgIpc) is 2.87. The number of hydrogen-bond donors (Lipinski definition) is 1. The minimum atomic E-state index is 0.524. The Balaban J connectivity index is 1.83. The van der Waals surface area contributed by atoms with Crippen molar-refractivity contribution in [3.8, 4) is 0 Å². The van der Waals surface area contributed by atoms with Crippen LogP contribution in [0.25, 0.3) is 0 Å². The summed E-state index contributed by atoms with van der Waals surface area (Å²) in [5.74, 6) is 0. The summed E-state index contributed by atoms with van der Waals surface area (Å²) in [6.45, 7) is 2.28. The maximum atomic E-state index is 3.74. The molecule has 2 rings (SSSR count). The highest BCUT2D eigenvalue weighted by molar-refractivity contribution is 7.99. The Morgan fingerprint density at radius 1 is 1.53 bits per heavy atom. The Kier molecular flexibility index (Phi) is 4.12. The van der Waals surface area contributed by atoms with Crippen LogP contribution in [-0.4, -0.2) is 17.5 Å². The summed E-state index contributed by atoms with van der Waals surface area (Å²) in [4.78, 5) is 1.46. The van der Waals surface area contributed by atoms with E-state index >= 15 is 0 Å². The fraction of sp³-hybridized carbons (Fsp3) is 0.667. The standard InChI is InChI=1S/C12H19NS2/c1-9(12-4-3-7-15-12)13-10-5-6-11(8-10)14-2/h3-4,7,9-11,13H,5-6,8H2,1-2H3/t9-,10-,11+/m0/s1. The van der Waals surface area contributed by atoms with Crippen molar-refractivity contribution in [2.24, 2.45) is 0 Å². The normalized spacial score (nSPS) is 28.1. The van der Waals surface area contributed by atoms with Crippen molar-refractivity contribution in [2.75, 3.05) is 6.26 Å². The van der Waals surface area contributed by atoms with Gasteiger partial charge in [0.15, 0.2) is 0 Å². The van der Waals surface area contributed by atoms with Gasteiger partial charge in [0.25, 0.3) is 0 Å². The molecule has 0 spiro atoms. The number of nitrogens with one attached hydrogen (secondary N) is 1. The van der Waals surface area contributed by atoms with Crippen LogP contribution < -0.4 is 5.32 Å². The van der Waals surface area contributed by atoms with Crippen molar-refractivity contribution >= 4 is 23.1 Å². The van der Waals surface area contributed by atoms with Crippen LogP contribution in [0.2, 0.25) is 0 Å². The van der Waals surface area contributed by atoms with Crippen molar-refractivity contribution in [2.45, 2.75) is 43.5 Å². The van der Waals surface area contributed by atoms with Gasteiger partial charge in [-0.05, 0) is 43.9 Å². The topological polar surface area (TPSA) is 12.0 Å². The van der Waals surface area contributed by atoms with E-state index in [9.17, 15) is 0 Å². The molecule has 0 radical (unpaired) electrons. The average molecular weight is 241 g/mol. The van der Waals surface area contributed by atoms with Crippen LogP contribution in [0.4, 0.5) is 0 Å². The molecule has 0 aromatic carbocycles. The summed E-state index contributed by atoms with van der Waals surface area (Å²) in [5.41, 5.74) is 0. The Labute approximate surface area is 101 Å². The fourth-order valence-corrected chi connectivity index (χ4v) is 3.82. The van der Waals surface area contributed by atoms with Gasteiger partial charge in [-0.15, -0.1) is 11.3 Å². The highest BCUT2D eigenvalue weighted by Gasteiger charge is 2.25. The van der Waals surface area contributed by atoms with Gasteiger partial charge in [0.05, 0.1) is 0 Å². The molecule has 1 aliphatic carbocycles. The smallest absolute Gasteiger partial charge is 0.0388 e. The van der Waals surface area contributed by atoms with Gasteiger partial charge in [-0.25, -0.2) is 0 Å².